The van der Waals surface area contributed by atoms with Crippen LogP contribution >= 0.6 is 0 Å². The van der Waals surface area contributed by atoms with Gasteiger partial charge in [-0.15, -0.1) is 0 Å². The van der Waals surface area contributed by atoms with Crippen LogP contribution in [0.2, 0.25) is 0 Å². The minimum atomic E-state index is -2.98. The van der Waals surface area contributed by atoms with Crippen molar-refractivity contribution in [2.24, 2.45) is 11.8 Å². The van der Waals surface area contributed by atoms with E-state index in [1.54, 1.807) is 6.92 Å². The van der Waals surface area contributed by atoms with Crippen molar-refractivity contribution < 1.29 is 8.42 Å². The molecule has 1 saturated carbocycles. The number of fused-ring (bicyclic) bond motifs is 1. The molecule has 4 nitrogen and oxygen atoms in total. The van der Waals surface area contributed by atoms with Crippen molar-refractivity contribution in [1.29, 1.82) is 0 Å². The van der Waals surface area contributed by atoms with Crippen LogP contribution in [0.4, 0.5) is 0 Å². The Morgan fingerprint density at radius 1 is 1.42 bits per heavy atom. The van der Waals surface area contributed by atoms with E-state index in [0.717, 1.165) is 13.1 Å². The SMILES string of the molecule is CCS(=O)(=O)NC1C2CNCC21. The number of rotatable bonds is 3. The first-order valence-corrected chi connectivity index (χ1v) is 6.00. The van der Waals surface area contributed by atoms with Crippen LogP contribution < -0.4 is 10.0 Å². The van der Waals surface area contributed by atoms with Gasteiger partial charge in [0, 0.05) is 6.04 Å². The Bertz CT molecular complexity index is 265. The number of piperidine rings is 1. The molecule has 0 spiro atoms. The monoisotopic (exact) mass is 190 g/mol. The molecule has 70 valence electrons. The van der Waals surface area contributed by atoms with E-state index in [9.17, 15) is 8.42 Å². The molecule has 1 aliphatic carbocycles. The molecule has 0 aromatic carbocycles. The van der Waals surface area contributed by atoms with Crippen LogP contribution in [-0.4, -0.2) is 33.3 Å². The van der Waals surface area contributed by atoms with Crippen molar-refractivity contribution in [3.63, 3.8) is 0 Å². The normalized spacial score (nSPS) is 39.6. The third-order valence-corrected chi connectivity index (χ3v) is 4.18. The molecule has 1 heterocycles. The maximum absolute atomic E-state index is 11.1. The van der Waals surface area contributed by atoms with Gasteiger partial charge in [0.15, 0.2) is 0 Å². The standard InChI is InChI=1S/C7H14N2O2S/c1-2-12(10,11)9-7-5-3-8-4-6(5)7/h5-9H,2-4H2,1H3. The van der Waals surface area contributed by atoms with Gasteiger partial charge in [0.05, 0.1) is 5.75 Å². The summed E-state index contributed by atoms with van der Waals surface area (Å²) in [5.74, 6) is 1.31. The molecule has 5 heteroatoms. The topological polar surface area (TPSA) is 58.2 Å². The van der Waals surface area contributed by atoms with Gasteiger partial charge in [0.25, 0.3) is 0 Å². The largest absolute Gasteiger partial charge is 0.316 e. The predicted molar refractivity (Wildman–Crippen MR) is 46.2 cm³/mol. The molecular formula is C7H14N2O2S. The molecule has 0 bridgehead atoms. The summed E-state index contributed by atoms with van der Waals surface area (Å²) >= 11 is 0. The Hall–Kier alpha value is -0.130. The average molecular weight is 190 g/mol. The molecular weight excluding hydrogens is 176 g/mol. The Labute approximate surface area is 72.8 Å². The molecule has 2 aliphatic rings. The summed E-state index contributed by atoms with van der Waals surface area (Å²) in [6.07, 6.45) is 0. The lowest BCUT2D eigenvalue weighted by atomic mass is 10.4. The number of hydrogen-bond acceptors (Lipinski definition) is 3. The molecule has 2 rings (SSSR count). The van der Waals surface area contributed by atoms with Crippen molar-refractivity contribution in [3.8, 4) is 0 Å². The minimum absolute atomic E-state index is 0.191. The van der Waals surface area contributed by atoms with Crippen LogP contribution in [0.1, 0.15) is 6.92 Å². The van der Waals surface area contributed by atoms with Crippen molar-refractivity contribution in [2.45, 2.75) is 13.0 Å². The Balaban J connectivity index is 1.91. The fraction of sp³-hybridized carbons (Fsp3) is 1.00. The highest BCUT2D eigenvalue weighted by molar-refractivity contribution is 7.89. The molecule has 0 aromatic heterocycles. The molecule has 1 aliphatic heterocycles. The predicted octanol–water partition coefficient (Wildman–Crippen LogP) is -0.856. The van der Waals surface area contributed by atoms with Gasteiger partial charge < -0.3 is 5.32 Å². The van der Waals surface area contributed by atoms with Crippen LogP contribution in [0.25, 0.3) is 0 Å². The summed E-state index contributed by atoms with van der Waals surface area (Å²) < 4.78 is 25.0. The van der Waals surface area contributed by atoms with Gasteiger partial charge in [-0.2, -0.15) is 0 Å². The van der Waals surface area contributed by atoms with Crippen LogP contribution in [0.5, 0.6) is 0 Å². The summed E-state index contributed by atoms with van der Waals surface area (Å²) in [6, 6.07) is 0.233. The second kappa shape index (κ2) is 2.68. The number of sulfonamides is 1. The van der Waals surface area contributed by atoms with Gasteiger partial charge in [-0.05, 0) is 31.8 Å². The van der Waals surface area contributed by atoms with Crippen LogP contribution in [0.3, 0.4) is 0 Å². The zero-order chi connectivity index (χ0) is 8.77. The van der Waals surface area contributed by atoms with E-state index < -0.39 is 10.0 Å². The zero-order valence-corrected chi connectivity index (χ0v) is 7.89. The second-order valence-electron chi connectivity index (χ2n) is 3.53. The van der Waals surface area contributed by atoms with Crippen LogP contribution in [0.15, 0.2) is 0 Å². The number of hydrogen-bond donors (Lipinski definition) is 2. The maximum atomic E-state index is 11.1. The van der Waals surface area contributed by atoms with E-state index in [4.69, 9.17) is 0 Å². The quantitative estimate of drug-likeness (QED) is 0.609. The fourth-order valence-corrected chi connectivity index (χ4v) is 2.81. The zero-order valence-electron chi connectivity index (χ0n) is 7.08. The molecule has 2 N–H and O–H groups in total. The molecule has 12 heavy (non-hydrogen) atoms. The van der Waals surface area contributed by atoms with E-state index in [0.29, 0.717) is 11.8 Å². The highest BCUT2D eigenvalue weighted by Gasteiger charge is 2.54. The van der Waals surface area contributed by atoms with Crippen molar-refractivity contribution in [1.82, 2.24) is 10.0 Å². The number of nitrogens with one attached hydrogen (secondary N) is 2. The van der Waals surface area contributed by atoms with E-state index in [1.165, 1.54) is 0 Å². The molecule has 0 radical (unpaired) electrons. The lowest BCUT2D eigenvalue weighted by molar-refractivity contribution is 0.566. The smallest absolute Gasteiger partial charge is 0.211 e. The summed E-state index contributed by atoms with van der Waals surface area (Å²) in [6.45, 7) is 3.61. The minimum Gasteiger partial charge on any atom is -0.316 e. The van der Waals surface area contributed by atoms with Crippen molar-refractivity contribution in [2.75, 3.05) is 18.8 Å². The first-order chi connectivity index (χ1) is 5.64. The molecule has 2 atom stereocenters. The molecule has 0 aromatic rings. The van der Waals surface area contributed by atoms with Crippen molar-refractivity contribution in [3.05, 3.63) is 0 Å². The summed E-state index contributed by atoms with van der Waals surface area (Å²) in [5, 5.41) is 3.22. The van der Waals surface area contributed by atoms with E-state index in [1.807, 2.05) is 0 Å². The Morgan fingerprint density at radius 3 is 2.50 bits per heavy atom. The first kappa shape index (κ1) is 8.47. The lowest BCUT2D eigenvalue weighted by Crippen LogP contribution is -2.33. The van der Waals surface area contributed by atoms with E-state index >= 15 is 0 Å². The summed E-state index contributed by atoms with van der Waals surface area (Å²) in [4.78, 5) is 0. The average Bonchev–Trinajstić information content (AvgIpc) is 2.51. The second-order valence-corrected chi connectivity index (χ2v) is 5.58. The van der Waals surface area contributed by atoms with Gasteiger partial charge in [-0.1, -0.05) is 0 Å². The van der Waals surface area contributed by atoms with E-state index in [2.05, 4.69) is 10.0 Å². The molecule has 2 unspecified atom stereocenters. The van der Waals surface area contributed by atoms with Crippen molar-refractivity contribution >= 4 is 10.0 Å². The molecule has 0 amide bonds. The van der Waals surface area contributed by atoms with Gasteiger partial charge in [0.2, 0.25) is 10.0 Å². The third-order valence-electron chi connectivity index (χ3n) is 2.79. The van der Waals surface area contributed by atoms with Crippen LogP contribution in [0, 0.1) is 11.8 Å². The van der Waals surface area contributed by atoms with Gasteiger partial charge in [-0.25, -0.2) is 13.1 Å². The van der Waals surface area contributed by atoms with Crippen LogP contribution in [-0.2, 0) is 10.0 Å². The lowest BCUT2D eigenvalue weighted by Gasteiger charge is -2.06. The highest BCUT2D eigenvalue weighted by atomic mass is 32.2. The Kier molecular flexibility index (Phi) is 1.89. The van der Waals surface area contributed by atoms with Gasteiger partial charge in [-0.3, -0.25) is 0 Å². The fourth-order valence-electron chi connectivity index (χ4n) is 1.88. The Morgan fingerprint density at radius 2 is 2.00 bits per heavy atom. The first-order valence-electron chi connectivity index (χ1n) is 4.35. The molecule has 1 saturated heterocycles. The van der Waals surface area contributed by atoms with Gasteiger partial charge in [0.1, 0.15) is 0 Å². The summed E-state index contributed by atoms with van der Waals surface area (Å²) in [7, 11) is -2.98. The van der Waals surface area contributed by atoms with Gasteiger partial charge >= 0.3 is 0 Å². The summed E-state index contributed by atoms with van der Waals surface area (Å²) in [5.41, 5.74) is 0. The highest BCUT2D eigenvalue weighted by Crippen LogP contribution is 2.41. The third kappa shape index (κ3) is 1.36. The van der Waals surface area contributed by atoms with E-state index in [-0.39, 0.29) is 11.8 Å². The maximum Gasteiger partial charge on any atom is 0.211 e. The molecule has 2 fully saturated rings.